The van der Waals surface area contributed by atoms with Crippen LogP contribution in [0.5, 0.6) is 5.75 Å². The van der Waals surface area contributed by atoms with E-state index in [9.17, 15) is 4.79 Å². The van der Waals surface area contributed by atoms with Crippen molar-refractivity contribution in [2.24, 2.45) is 10.2 Å². The highest BCUT2D eigenvalue weighted by Crippen LogP contribution is 2.32. The third-order valence-electron chi connectivity index (χ3n) is 4.64. The van der Waals surface area contributed by atoms with E-state index in [2.05, 4.69) is 36.2 Å². The fraction of sp³-hybridized carbons (Fsp3) is 0.318. The summed E-state index contributed by atoms with van der Waals surface area (Å²) in [6, 6.07) is 15.7. The van der Waals surface area contributed by atoms with Gasteiger partial charge in [0.25, 0.3) is 0 Å². The van der Waals surface area contributed by atoms with Crippen LogP contribution in [0, 0.1) is 6.92 Å². The van der Waals surface area contributed by atoms with Crippen molar-refractivity contribution in [2.75, 3.05) is 7.11 Å². The first-order valence-electron chi connectivity index (χ1n) is 9.40. The molecule has 5 nitrogen and oxygen atoms in total. The second-order valence-electron chi connectivity index (χ2n) is 6.62. The Balaban J connectivity index is 1.85. The molecule has 1 aliphatic heterocycles. The summed E-state index contributed by atoms with van der Waals surface area (Å²) in [7, 11) is 1.63. The van der Waals surface area contributed by atoms with Crippen molar-refractivity contribution in [2.45, 2.75) is 38.5 Å². The lowest BCUT2D eigenvalue weighted by Gasteiger charge is -2.17. The van der Waals surface area contributed by atoms with Gasteiger partial charge in [0.15, 0.2) is 5.17 Å². The van der Waals surface area contributed by atoms with Crippen LogP contribution in [0.15, 0.2) is 58.7 Å². The average molecular weight is 396 g/mol. The quantitative estimate of drug-likeness (QED) is 0.507. The van der Waals surface area contributed by atoms with Gasteiger partial charge in [-0.15, -0.1) is 5.10 Å². The Bertz CT molecular complexity index is 895. The molecule has 1 heterocycles. The third kappa shape index (κ3) is 4.62. The second kappa shape index (κ2) is 9.55. The zero-order chi connectivity index (χ0) is 19.9. The molecule has 0 bridgehead atoms. The molecule has 1 saturated heterocycles. The largest absolute Gasteiger partial charge is 0.496 e. The van der Waals surface area contributed by atoms with Gasteiger partial charge in [0.1, 0.15) is 5.75 Å². The maximum atomic E-state index is 12.9. The molecular weight excluding hydrogens is 370 g/mol. The number of hydrogen-bond donors (Lipinski definition) is 0. The minimum Gasteiger partial charge on any atom is -0.496 e. The van der Waals surface area contributed by atoms with Crippen LogP contribution < -0.4 is 4.74 Å². The molecule has 1 fully saturated rings. The van der Waals surface area contributed by atoms with Crippen molar-refractivity contribution in [3.63, 3.8) is 0 Å². The summed E-state index contributed by atoms with van der Waals surface area (Å²) in [6.07, 6.45) is 3.46. The second-order valence-corrected chi connectivity index (χ2v) is 7.79. The smallest absolute Gasteiger partial charge is 0.242 e. The number of nitrogens with zero attached hydrogens (tertiary/aromatic N) is 3. The molecule has 28 heavy (non-hydrogen) atoms. The molecule has 0 spiro atoms. The Morgan fingerprint density at radius 2 is 1.93 bits per heavy atom. The van der Waals surface area contributed by atoms with Gasteiger partial charge < -0.3 is 4.74 Å². The first-order valence-corrected chi connectivity index (χ1v) is 10.3. The van der Waals surface area contributed by atoms with Gasteiger partial charge >= 0.3 is 0 Å². The van der Waals surface area contributed by atoms with E-state index in [4.69, 9.17) is 4.74 Å². The van der Waals surface area contributed by atoms with Gasteiger partial charge in [0.2, 0.25) is 5.91 Å². The Morgan fingerprint density at radius 1 is 1.18 bits per heavy atom. The lowest BCUT2D eigenvalue weighted by molar-refractivity contribution is -0.126. The lowest BCUT2D eigenvalue weighted by atomic mass is 10.1. The number of thioether (sulfide) groups is 1. The summed E-state index contributed by atoms with van der Waals surface area (Å²) in [4.78, 5) is 14.7. The van der Waals surface area contributed by atoms with Gasteiger partial charge in [0.05, 0.1) is 25.1 Å². The van der Waals surface area contributed by atoms with E-state index >= 15 is 0 Å². The molecule has 0 radical (unpaired) electrons. The Labute approximate surface area is 170 Å². The number of aryl methyl sites for hydroxylation is 1. The van der Waals surface area contributed by atoms with Crippen LogP contribution in [-0.4, -0.2) is 34.5 Å². The van der Waals surface area contributed by atoms with E-state index in [1.165, 1.54) is 11.8 Å². The molecule has 0 saturated carbocycles. The van der Waals surface area contributed by atoms with Crippen molar-refractivity contribution < 1.29 is 9.53 Å². The van der Waals surface area contributed by atoms with E-state index in [1.54, 1.807) is 18.2 Å². The van der Waals surface area contributed by atoms with E-state index in [-0.39, 0.29) is 11.2 Å². The highest BCUT2D eigenvalue weighted by Gasteiger charge is 2.37. The van der Waals surface area contributed by atoms with E-state index in [0.717, 1.165) is 35.3 Å². The van der Waals surface area contributed by atoms with Crippen molar-refractivity contribution in [3.8, 4) is 5.75 Å². The molecule has 1 unspecified atom stereocenters. The number of amidine groups is 1. The summed E-state index contributed by atoms with van der Waals surface area (Å²) < 4.78 is 5.34. The molecule has 0 aliphatic carbocycles. The predicted molar refractivity (Wildman–Crippen MR) is 116 cm³/mol. The van der Waals surface area contributed by atoms with Crippen molar-refractivity contribution >= 4 is 29.1 Å². The van der Waals surface area contributed by atoms with E-state index < -0.39 is 0 Å². The van der Waals surface area contributed by atoms with Crippen LogP contribution in [0.25, 0.3) is 0 Å². The van der Waals surface area contributed by atoms with Gasteiger partial charge in [-0.25, -0.2) is 0 Å². The van der Waals surface area contributed by atoms with Gasteiger partial charge in [-0.1, -0.05) is 61.5 Å². The van der Waals surface area contributed by atoms with Crippen LogP contribution in [-0.2, 0) is 11.3 Å². The highest BCUT2D eigenvalue weighted by atomic mass is 32.2. The molecule has 1 atom stereocenters. The van der Waals surface area contributed by atoms with E-state index in [0.29, 0.717) is 11.7 Å². The van der Waals surface area contributed by atoms with Gasteiger partial charge in [-0.3, -0.25) is 9.69 Å². The van der Waals surface area contributed by atoms with Crippen LogP contribution >= 0.6 is 11.8 Å². The number of ether oxygens (including phenoxy) is 1. The molecular formula is C22H25N3O2S. The zero-order valence-electron chi connectivity index (χ0n) is 16.5. The maximum Gasteiger partial charge on any atom is 0.242 e. The van der Waals surface area contributed by atoms with Crippen molar-refractivity contribution in [3.05, 3.63) is 65.2 Å². The molecule has 146 valence electrons. The van der Waals surface area contributed by atoms with Crippen molar-refractivity contribution in [1.29, 1.82) is 0 Å². The summed E-state index contributed by atoms with van der Waals surface area (Å²) in [5.74, 6) is 0.851. The number of carbonyl (C=O) groups is 1. The molecule has 1 aliphatic rings. The van der Waals surface area contributed by atoms with Gasteiger partial charge in [-0.05, 0) is 36.6 Å². The van der Waals surface area contributed by atoms with Crippen molar-refractivity contribution in [1.82, 2.24) is 4.90 Å². The minimum absolute atomic E-state index is 0.0887. The first kappa shape index (κ1) is 20.1. The third-order valence-corrected chi connectivity index (χ3v) is 5.87. The normalized spacial score (nSPS) is 18.4. The molecule has 6 heteroatoms. The Hall–Kier alpha value is -2.60. The minimum atomic E-state index is -0.0887. The van der Waals surface area contributed by atoms with Crippen LogP contribution in [0.3, 0.4) is 0 Å². The zero-order valence-corrected chi connectivity index (χ0v) is 17.3. The maximum absolute atomic E-state index is 12.9. The van der Waals surface area contributed by atoms with Crippen LogP contribution in [0.2, 0.25) is 0 Å². The fourth-order valence-electron chi connectivity index (χ4n) is 3.05. The summed E-state index contributed by atoms with van der Waals surface area (Å²) >= 11 is 1.50. The predicted octanol–water partition coefficient (Wildman–Crippen LogP) is 4.64. The fourth-order valence-corrected chi connectivity index (χ4v) is 4.26. The number of amides is 1. The summed E-state index contributed by atoms with van der Waals surface area (Å²) in [6.45, 7) is 4.67. The Kier molecular flexibility index (Phi) is 6.87. The molecule has 1 amide bonds. The summed E-state index contributed by atoms with van der Waals surface area (Å²) in [5, 5.41) is 9.19. The highest BCUT2D eigenvalue weighted by molar-refractivity contribution is 8.15. The number of carbonyl (C=O) groups excluding carboxylic acids is 1. The average Bonchev–Trinajstić information content (AvgIpc) is 2.99. The standard InChI is InChI=1S/C22H25N3O2S/c1-4-9-20-21(26)25(15-18-12-6-5-10-16(18)2)22(28-20)24-23-14-17-11-7-8-13-19(17)27-3/h5-8,10-14,20H,4,9,15H2,1-3H3/b23-14+,24-22-. The number of benzene rings is 2. The van der Waals surface area contributed by atoms with E-state index in [1.807, 2.05) is 36.4 Å². The van der Waals surface area contributed by atoms with Gasteiger partial charge in [-0.2, -0.15) is 5.10 Å². The monoisotopic (exact) mass is 395 g/mol. The van der Waals surface area contributed by atoms with Crippen LogP contribution in [0.1, 0.15) is 36.5 Å². The SMILES string of the molecule is CCCC1S/C(=N\N=C\c2ccccc2OC)N(Cc2ccccc2C)C1=O. The number of hydrogen-bond acceptors (Lipinski definition) is 5. The lowest BCUT2D eigenvalue weighted by Crippen LogP contribution is -2.31. The van der Waals surface area contributed by atoms with Gasteiger partial charge in [0, 0.05) is 5.56 Å². The first-order chi connectivity index (χ1) is 13.6. The molecule has 2 aromatic rings. The Morgan fingerprint density at radius 3 is 2.68 bits per heavy atom. The molecule has 2 aromatic carbocycles. The number of methoxy groups -OCH3 is 1. The van der Waals surface area contributed by atoms with Crippen LogP contribution in [0.4, 0.5) is 0 Å². The topological polar surface area (TPSA) is 54.3 Å². The summed E-state index contributed by atoms with van der Waals surface area (Å²) in [5.41, 5.74) is 3.13. The molecule has 0 aromatic heterocycles. The molecule has 0 N–H and O–H groups in total. The molecule has 3 rings (SSSR count). The number of rotatable bonds is 7. The number of para-hydroxylation sites is 1.